The maximum atomic E-state index is 5.68. The van der Waals surface area contributed by atoms with Gasteiger partial charge in [-0.3, -0.25) is 0 Å². The van der Waals surface area contributed by atoms with Crippen molar-refractivity contribution in [2.75, 3.05) is 26.8 Å². The first kappa shape index (κ1) is 12.0. The van der Waals surface area contributed by atoms with Crippen LogP contribution in [0.4, 0.5) is 0 Å². The summed E-state index contributed by atoms with van der Waals surface area (Å²) >= 11 is 0. The van der Waals surface area contributed by atoms with Gasteiger partial charge in [-0.2, -0.15) is 0 Å². The van der Waals surface area contributed by atoms with Crippen LogP contribution in [0.5, 0.6) is 0 Å². The Labute approximate surface area is 88.4 Å². The molecule has 2 heteroatoms. The molecule has 0 radical (unpaired) electrons. The predicted octanol–water partition coefficient (Wildman–Crippen LogP) is 2.58. The van der Waals surface area contributed by atoms with Crippen LogP contribution in [0.15, 0.2) is 0 Å². The van der Waals surface area contributed by atoms with Gasteiger partial charge in [0, 0.05) is 13.2 Å². The molecule has 1 N–H and O–H groups in total. The van der Waals surface area contributed by atoms with Crippen LogP contribution in [0.3, 0.4) is 0 Å². The topological polar surface area (TPSA) is 21.3 Å². The Hall–Kier alpha value is -0.0800. The minimum absolute atomic E-state index is 0.882. The van der Waals surface area contributed by atoms with E-state index in [4.69, 9.17) is 4.74 Å². The fourth-order valence-corrected chi connectivity index (χ4v) is 2.11. The fourth-order valence-electron chi connectivity index (χ4n) is 2.11. The van der Waals surface area contributed by atoms with E-state index in [1.165, 1.54) is 44.9 Å². The van der Waals surface area contributed by atoms with Crippen molar-refractivity contribution >= 4 is 0 Å². The highest BCUT2D eigenvalue weighted by molar-refractivity contribution is 4.66. The van der Waals surface area contributed by atoms with Crippen LogP contribution in [-0.4, -0.2) is 26.8 Å². The van der Waals surface area contributed by atoms with E-state index in [0.29, 0.717) is 0 Å². The molecule has 2 nitrogen and oxygen atoms in total. The number of hydrogen-bond donors (Lipinski definition) is 1. The van der Waals surface area contributed by atoms with Crippen molar-refractivity contribution in [3.05, 3.63) is 0 Å². The van der Waals surface area contributed by atoms with Gasteiger partial charge in [0.15, 0.2) is 0 Å². The molecule has 0 aliphatic heterocycles. The third-order valence-corrected chi connectivity index (χ3v) is 3.04. The van der Waals surface area contributed by atoms with E-state index in [1.54, 1.807) is 0 Å². The summed E-state index contributed by atoms with van der Waals surface area (Å²) < 4.78 is 5.68. The molecule has 1 aliphatic carbocycles. The van der Waals surface area contributed by atoms with E-state index in [0.717, 1.165) is 25.7 Å². The highest BCUT2D eigenvalue weighted by Gasteiger charge is 2.14. The molecule has 0 unspecified atom stereocenters. The summed E-state index contributed by atoms with van der Waals surface area (Å²) in [5, 5.41) is 3.16. The Morgan fingerprint density at radius 1 is 1.14 bits per heavy atom. The van der Waals surface area contributed by atoms with Crippen molar-refractivity contribution < 1.29 is 4.74 Å². The van der Waals surface area contributed by atoms with E-state index in [2.05, 4.69) is 5.32 Å². The quantitative estimate of drug-likeness (QED) is 0.607. The second-order valence-electron chi connectivity index (χ2n) is 4.39. The molecule has 0 heterocycles. The molecule has 0 amide bonds. The molecular formula is C12H25NO. The summed E-state index contributed by atoms with van der Waals surface area (Å²) in [5.74, 6) is 0.882. The number of ether oxygens (including phenoxy) is 1. The smallest absolute Gasteiger partial charge is 0.0494 e. The molecular weight excluding hydrogens is 174 g/mol. The summed E-state index contributed by atoms with van der Waals surface area (Å²) in [6, 6.07) is 0. The zero-order chi connectivity index (χ0) is 10.1. The van der Waals surface area contributed by atoms with E-state index < -0.39 is 0 Å². The maximum absolute atomic E-state index is 5.68. The van der Waals surface area contributed by atoms with Crippen molar-refractivity contribution in [3.63, 3.8) is 0 Å². The largest absolute Gasteiger partial charge is 0.381 e. The summed E-state index contributed by atoms with van der Waals surface area (Å²) in [7, 11) is 2.01. The molecule has 14 heavy (non-hydrogen) atoms. The van der Waals surface area contributed by atoms with Crippen molar-refractivity contribution in [1.29, 1.82) is 0 Å². The lowest BCUT2D eigenvalue weighted by Crippen LogP contribution is -2.09. The molecule has 84 valence electrons. The SMILES string of the molecule is CNCCCCCOCC1CCCC1. The van der Waals surface area contributed by atoms with Gasteiger partial charge in [-0.05, 0) is 51.6 Å². The number of rotatable bonds is 8. The molecule has 0 bridgehead atoms. The molecule has 0 spiro atoms. The van der Waals surface area contributed by atoms with Gasteiger partial charge in [0.25, 0.3) is 0 Å². The highest BCUT2D eigenvalue weighted by atomic mass is 16.5. The van der Waals surface area contributed by atoms with Gasteiger partial charge in [-0.25, -0.2) is 0 Å². The lowest BCUT2D eigenvalue weighted by atomic mass is 10.1. The van der Waals surface area contributed by atoms with Crippen molar-refractivity contribution in [2.24, 2.45) is 5.92 Å². The summed E-state index contributed by atoms with van der Waals surface area (Å²) in [4.78, 5) is 0. The monoisotopic (exact) mass is 199 g/mol. The predicted molar refractivity (Wildman–Crippen MR) is 60.6 cm³/mol. The van der Waals surface area contributed by atoms with Crippen LogP contribution >= 0.6 is 0 Å². The van der Waals surface area contributed by atoms with Gasteiger partial charge in [0.2, 0.25) is 0 Å². The van der Waals surface area contributed by atoms with Gasteiger partial charge in [0.05, 0.1) is 0 Å². The van der Waals surface area contributed by atoms with Crippen LogP contribution in [0, 0.1) is 5.92 Å². The highest BCUT2D eigenvalue weighted by Crippen LogP contribution is 2.24. The van der Waals surface area contributed by atoms with Crippen LogP contribution in [0.25, 0.3) is 0 Å². The van der Waals surface area contributed by atoms with Gasteiger partial charge in [-0.1, -0.05) is 12.8 Å². The number of unbranched alkanes of at least 4 members (excludes halogenated alkanes) is 2. The minimum atomic E-state index is 0.882. The first-order valence-corrected chi connectivity index (χ1v) is 6.16. The zero-order valence-corrected chi connectivity index (χ0v) is 9.56. The van der Waals surface area contributed by atoms with Gasteiger partial charge in [-0.15, -0.1) is 0 Å². The van der Waals surface area contributed by atoms with Crippen molar-refractivity contribution in [2.45, 2.75) is 44.9 Å². The lowest BCUT2D eigenvalue weighted by molar-refractivity contribution is 0.0980. The first-order valence-electron chi connectivity index (χ1n) is 6.16. The molecule has 0 aromatic heterocycles. The Balaban J connectivity index is 1.75. The average Bonchev–Trinajstić information content (AvgIpc) is 2.69. The fraction of sp³-hybridized carbons (Fsp3) is 1.00. The number of hydrogen-bond acceptors (Lipinski definition) is 2. The van der Waals surface area contributed by atoms with E-state index in [-0.39, 0.29) is 0 Å². The van der Waals surface area contributed by atoms with Crippen molar-refractivity contribution in [3.8, 4) is 0 Å². The van der Waals surface area contributed by atoms with Gasteiger partial charge < -0.3 is 10.1 Å². The summed E-state index contributed by atoms with van der Waals surface area (Å²) in [5.41, 5.74) is 0. The minimum Gasteiger partial charge on any atom is -0.381 e. The van der Waals surface area contributed by atoms with Crippen LogP contribution in [0.1, 0.15) is 44.9 Å². The molecule has 1 saturated carbocycles. The zero-order valence-electron chi connectivity index (χ0n) is 9.56. The summed E-state index contributed by atoms with van der Waals surface area (Å²) in [6.45, 7) is 3.13. The van der Waals surface area contributed by atoms with E-state index in [9.17, 15) is 0 Å². The summed E-state index contributed by atoms with van der Waals surface area (Å²) in [6.07, 6.45) is 9.47. The lowest BCUT2D eigenvalue weighted by Gasteiger charge is -2.09. The standard InChI is InChI=1S/C12H25NO/c1-13-9-5-2-6-10-14-11-12-7-3-4-8-12/h12-13H,2-11H2,1H3. The molecule has 0 saturated heterocycles. The van der Waals surface area contributed by atoms with Crippen LogP contribution < -0.4 is 5.32 Å². The Morgan fingerprint density at radius 3 is 2.64 bits per heavy atom. The molecule has 1 rings (SSSR count). The van der Waals surface area contributed by atoms with E-state index in [1.807, 2.05) is 7.05 Å². The third kappa shape index (κ3) is 5.61. The van der Waals surface area contributed by atoms with Crippen LogP contribution in [-0.2, 0) is 4.74 Å². The van der Waals surface area contributed by atoms with Gasteiger partial charge >= 0.3 is 0 Å². The third-order valence-electron chi connectivity index (χ3n) is 3.04. The van der Waals surface area contributed by atoms with E-state index >= 15 is 0 Å². The Morgan fingerprint density at radius 2 is 1.93 bits per heavy atom. The average molecular weight is 199 g/mol. The molecule has 0 atom stereocenters. The maximum Gasteiger partial charge on any atom is 0.0494 e. The van der Waals surface area contributed by atoms with Gasteiger partial charge in [0.1, 0.15) is 0 Å². The Bertz CT molecular complexity index is 121. The van der Waals surface area contributed by atoms with Crippen LogP contribution in [0.2, 0.25) is 0 Å². The van der Waals surface area contributed by atoms with Crippen molar-refractivity contribution in [1.82, 2.24) is 5.32 Å². The molecule has 1 fully saturated rings. The normalized spacial score (nSPS) is 17.8. The number of nitrogens with one attached hydrogen (secondary N) is 1. The molecule has 0 aromatic rings. The first-order chi connectivity index (χ1) is 6.93. The molecule has 1 aliphatic rings. The Kier molecular flexibility index (Phi) is 7.06. The molecule has 0 aromatic carbocycles. The second-order valence-corrected chi connectivity index (χ2v) is 4.39. The second kappa shape index (κ2) is 8.25.